The van der Waals surface area contributed by atoms with Crippen molar-refractivity contribution in [2.75, 3.05) is 43.4 Å². The van der Waals surface area contributed by atoms with Gasteiger partial charge in [-0.3, -0.25) is 4.72 Å². The van der Waals surface area contributed by atoms with Gasteiger partial charge in [0.15, 0.2) is 0 Å². The monoisotopic (exact) mass is 398 g/mol. The molecule has 0 aliphatic carbocycles. The Morgan fingerprint density at radius 3 is 2.62 bits per heavy atom. The molecule has 2 N–H and O–H groups in total. The molecule has 0 spiro atoms. The molecule has 0 aliphatic heterocycles. The number of aromatic nitrogens is 1. The maximum Gasteiger partial charge on any atom is 0.339 e. The number of rotatable bonds is 9. The van der Waals surface area contributed by atoms with E-state index in [0.29, 0.717) is 18.9 Å². The molecule has 0 atom stereocenters. The minimum absolute atomic E-state index is 0.0445. The normalized spacial score (nSPS) is 11.5. The van der Waals surface area contributed by atoms with E-state index in [1.165, 1.54) is 18.3 Å². The predicted molar refractivity (Wildman–Crippen MR) is 103 cm³/mol. The smallest absolute Gasteiger partial charge is 0.339 e. The zero-order chi connectivity index (χ0) is 19.3. The van der Waals surface area contributed by atoms with Crippen molar-refractivity contribution in [1.82, 2.24) is 9.88 Å². The molecule has 0 bridgehead atoms. The first-order chi connectivity index (χ1) is 12.2. The lowest BCUT2D eigenvalue weighted by molar-refractivity contribution is 0.0697. The van der Waals surface area contributed by atoms with Gasteiger partial charge in [0, 0.05) is 19.6 Å². The van der Waals surface area contributed by atoms with Crippen LogP contribution < -0.4 is 9.62 Å². The molecule has 8 nitrogen and oxygen atoms in total. The van der Waals surface area contributed by atoms with E-state index in [0.717, 1.165) is 17.9 Å². The third-order valence-corrected chi connectivity index (χ3v) is 6.39. The molecule has 10 heteroatoms. The third-order valence-electron chi connectivity index (χ3n) is 3.61. The Bertz CT molecular complexity index is 851. The Labute approximate surface area is 157 Å². The van der Waals surface area contributed by atoms with Gasteiger partial charge in [0.05, 0.1) is 11.9 Å². The highest BCUT2D eigenvalue weighted by molar-refractivity contribution is 7.94. The SMILES string of the molecule is CCN(CCN(C)C)c1ncc(NS(=O)(=O)c2cccs2)cc1C(=O)O. The maximum absolute atomic E-state index is 12.3. The van der Waals surface area contributed by atoms with Crippen molar-refractivity contribution in [3.05, 3.63) is 35.3 Å². The van der Waals surface area contributed by atoms with Crippen LogP contribution in [0.25, 0.3) is 0 Å². The van der Waals surface area contributed by atoms with Crippen LogP contribution in [0.2, 0.25) is 0 Å². The van der Waals surface area contributed by atoms with Crippen LogP contribution in [0.4, 0.5) is 11.5 Å². The van der Waals surface area contributed by atoms with Crippen molar-refractivity contribution in [3.8, 4) is 0 Å². The average Bonchev–Trinajstić information content (AvgIpc) is 3.11. The summed E-state index contributed by atoms with van der Waals surface area (Å²) in [6, 6.07) is 4.41. The zero-order valence-electron chi connectivity index (χ0n) is 14.8. The van der Waals surface area contributed by atoms with Crippen molar-refractivity contribution in [3.63, 3.8) is 0 Å². The van der Waals surface area contributed by atoms with Gasteiger partial charge in [-0.25, -0.2) is 18.2 Å². The molecule has 0 amide bonds. The molecule has 26 heavy (non-hydrogen) atoms. The van der Waals surface area contributed by atoms with Gasteiger partial charge < -0.3 is 14.9 Å². The molecular weight excluding hydrogens is 376 g/mol. The van der Waals surface area contributed by atoms with Crippen molar-refractivity contribution >= 4 is 38.8 Å². The number of nitrogens with one attached hydrogen (secondary N) is 1. The average molecular weight is 399 g/mol. The number of nitrogens with zero attached hydrogens (tertiary/aromatic N) is 3. The molecular formula is C16H22N4O4S2. The lowest BCUT2D eigenvalue weighted by Crippen LogP contribution is -2.33. The van der Waals surface area contributed by atoms with Crippen LogP contribution >= 0.6 is 11.3 Å². The van der Waals surface area contributed by atoms with Crippen LogP contribution in [-0.2, 0) is 10.0 Å². The van der Waals surface area contributed by atoms with Crippen molar-refractivity contribution in [2.24, 2.45) is 0 Å². The van der Waals surface area contributed by atoms with E-state index in [9.17, 15) is 18.3 Å². The molecule has 0 fully saturated rings. The number of pyridine rings is 1. The molecule has 2 aromatic heterocycles. The third kappa shape index (κ3) is 4.93. The topological polar surface area (TPSA) is 103 Å². The Kier molecular flexibility index (Phi) is 6.57. The second-order valence-corrected chi connectivity index (χ2v) is 8.68. The van der Waals surface area contributed by atoms with Crippen LogP contribution in [0, 0.1) is 0 Å². The summed E-state index contributed by atoms with van der Waals surface area (Å²) >= 11 is 1.08. The molecule has 2 rings (SSSR count). The van der Waals surface area contributed by atoms with E-state index in [1.807, 2.05) is 30.8 Å². The summed E-state index contributed by atoms with van der Waals surface area (Å²) in [5, 5.41) is 11.2. The zero-order valence-corrected chi connectivity index (χ0v) is 16.5. The Hall–Kier alpha value is -2.17. The number of carbonyl (C=O) groups is 1. The lowest BCUT2D eigenvalue weighted by Gasteiger charge is -2.25. The highest BCUT2D eigenvalue weighted by Gasteiger charge is 2.21. The van der Waals surface area contributed by atoms with E-state index in [1.54, 1.807) is 11.4 Å². The Morgan fingerprint density at radius 1 is 1.35 bits per heavy atom. The summed E-state index contributed by atoms with van der Waals surface area (Å²) in [5.41, 5.74) is 0.0696. The van der Waals surface area contributed by atoms with Gasteiger partial charge in [-0.2, -0.15) is 0 Å². The fourth-order valence-electron chi connectivity index (χ4n) is 2.28. The van der Waals surface area contributed by atoms with Crippen molar-refractivity contribution < 1.29 is 18.3 Å². The second kappa shape index (κ2) is 8.47. The fraction of sp³-hybridized carbons (Fsp3) is 0.375. The van der Waals surface area contributed by atoms with Crippen LogP contribution in [0.3, 0.4) is 0 Å². The molecule has 0 saturated heterocycles. The number of thiophene rings is 1. The number of carboxylic acid groups (broad SMARTS) is 1. The second-order valence-electron chi connectivity index (χ2n) is 5.82. The van der Waals surface area contributed by atoms with Gasteiger partial charge in [0.1, 0.15) is 15.6 Å². The summed E-state index contributed by atoms with van der Waals surface area (Å²) in [6.07, 6.45) is 1.34. The summed E-state index contributed by atoms with van der Waals surface area (Å²) in [5.74, 6) is -0.839. The predicted octanol–water partition coefficient (Wildman–Crippen LogP) is 2.03. The van der Waals surface area contributed by atoms with Gasteiger partial charge >= 0.3 is 5.97 Å². The minimum atomic E-state index is -3.76. The Morgan fingerprint density at radius 2 is 2.08 bits per heavy atom. The highest BCUT2D eigenvalue weighted by Crippen LogP contribution is 2.24. The molecule has 2 heterocycles. The number of carboxylic acids is 1. The highest BCUT2D eigenvalue weighted by atomic mass is 32.2. The summed E-state index contributed by atoms with van der Waals surface area (Å²) < 4.78 is 27.1. The molecule has 2 aromatic rings. The van der Waals surface area contributed by atoms with Crippen molar-refractivity contribution in [2.45, 2.75) is 11.1 Å². The van der Waals surface area contributed by atoms with E-state index in [4.69, 9.17) is 0 Å². The number of sulfonamides is 1. The van der Waals surface area contributed by atoms with E-state index in [2.05, 4.69) is 9.71 Å². The number of aromatic carboxylic acids is 1. The first-order valence-electron chi connectivity index (χ1n) is 7.94. The molecule has 0 aromatic carbocycles. The van der Waals surface area contributed by atoms with Gasteiger partial charge in [-0.1, -0.05) is 6.07 Å². The fourth-order valence-corrected chi connectivity index (χ4v) is 4.31. The quantitative estimate of drug-likeness (QED) is 0.666. The van der Waals surface area contributed by atoms with Gasteiger partial charge in [0.2, 0.25) is 0 Å². The van der Waals surface area contributed by atoms with E-state index >= 15 is 0 Å². The first-order valence-corrected chi connectivity index (χ1v) is 10.3. The Balaban J connectivity index is 2.32. The first kappa shape index (κ1) is 20.1. The van der Waals surface area contributed by atoms with Gasteiger partial charge in [-0.15, -0.1) is 11.3 Å². The maximum atomic E-state index is 12.3. The van der Waals surface area contributed by atoms with Crippen LogP contribution in [0.1, 0.15) is 17.3 Å². The van der Waals surface area contributed by atoms with Gasteiger partial charge in [0.25, 0.3) is 10.0 Å². The lowest BCUT2D eigenvalue weighted by atomic mass is 10.2. The molecule has 0 aliphatic rings. The van der Waals surface area contributed by atoms with Crippen molar-refractivity contribution in [1.29, 1.82) is 0 Å². The number of anilines is 2. The summed E-state index contributed by atoms with van der Waals surface area (Å²) in [4.78, 5) is 19.7. The van der Waals surface area contributed by atoms with E-state index < -0.39 is 16.0 Å². The minimum Gasteiger partial charge on any atom is -0.478 e. The molecule has 0 saturated carbocycles. The number of hydrogen-bond acceptors (Lipinski definition) is 7. The summed E-state index contributed by atoms with van der Waals surface area (Å²) in [6.45, 7) is 3.84. The van der Waals surface area contributed by atoms with Crippen LogP contribution in [0.15, 0.2) is 34.0 Å². The van der Waals surface area contributed by atoms with Gasteiger partial charge in [-0.05, 0) is 38.5 Å². The molecule has 142 valence electrons. The number of hydrogen-bond donors (Lipinski definition) is 2. The molecule has 0 radical (unpaired) electrons. The standard InChI is InChI=1S/C16H22N4O4S2/c1-4-20(8-7-19(2)3)15-13(16(21)22)10-12(11-17-15)18-26(23,24)14-6-5-9-25-14/h5-6,9-11,18H,4,7-8H2,1-3H3,(H,21,22). The number of likely N-dealkylation sites (N-methyl/N-ethyl adjacent to an activating group) is 2. The van der Waals surface area contributed by atoms with E-state index in [-0.39, 0.29) is 15.5 Å². The molecule has 0 unspecified atom stereocenters. The van der Waals surface area contributed by atoms with Crippen LogP contribution in [-0.4, -0.2) is 63.1 Å². The van der Waals surface area contributed by atoms with Crippen LogP contribution in [0.5, 0.6) is 0 Å². The summed E-state index contributed by atoms with van der Waals surface area (Å²) in [7, 11) is 0.107. The largest absolute Gasteiger partial charge is 0.478 e.